The second-order valence-corrected chi connectivity index (χ2v) is 6.24. The Morgan fingerprint density at radius 1 is 1.37 bits per heavy atom. The van der Waals surface area contributed by atoms with Crippen LogP contribution in [-0.2, 0) is 19.6 Å². The molecule has 0 heterocycles. The van der Waals surface area contributed by atoms with Crippen molar-refractivity contribution in [3.63, 3.8) is 0 Å². The number of sulfonamides is 1. The van der Waals surface area contributed by atoms with Crippen molar-refractivity contribution < 1.29 is 23.1 Å². The van der Waals surface area contributed by atoms with Crippen LogP contribution in [0.3, 0.4) is 0 Å². The summed E-state index contributed by atoms with van der Waals surface area (Å²) in [6, 6.07) is -1.20. The third kappa shape index (κ3) is 6.35. The van der Waals surface area contributed by atoms with Crippen LogP contribution in [0.1, 0.15) is 20.8 Å². The molecular weight excluding hydrogens is 272 g/mol. The third-order valence-electron chi connectivity index (χ3n) is 2.28. The van der Waals surface area contributed by atoms with Crippen LogP contribution in [0, 0.1) is 0 Å². The predicted octanol–water partition coefficient (Wildman–Crippen LogP) is -0.196. The second kappa shape index (κ2) is 7.25. The van der Waals surface area contributed by atoms with E-state index in [0.29, 0.717) is 5.57 Å². The van der Waals surface area contributed by atoms with E-state index in [9.17, 15) is 18.0 Å². The first-order valence-electron chi connectivity index (χ1n) is 5.69. The molecule has 0 radical (unpaired) electrons. The van der Waals surface area contributed by atoms with E-state index in [1.165, 1.54) is 13.8 Å². The Kier molecular flexibility index (Phi) is 6.71. The highest BCUT2D eigenvalue weighted by molar-refractivity contribution is 7.89. The van der Waals surface area contributed by atoms with Gasteiger partial charge in [0.15, 0.2) is 0 Å². The van der Waals surface area contributed by atoms with Gasteiger partial charge >= 0.3 is 5.97 Å². The van der Waals surface area contributed by atoms with Gasteiger partial charge in [0.25, 0.3) is 0 Å². The smallest absolute Gasteiger partial charge is 0.321 e. The zero-order chi connectivity index (χ0) is 15.2. The topological polar surface area (TPSA) is 104 Å². The third-order valence-corrected chi connectivity index (χ3v) is 4.35. The number of carboxylic acid groups (broad SMARTS) is 1. The van der Waals surface area contributed by atoms with Gasteiger partial charge in [0, 0.05) is 20.0 Å². The number of carbonyl (C=O) groups is 2. The normalized spacial score (nSPS) is 13.1. The molecule has 7 nitrogen and oxygen atoms in total. The fraction of sp³-hybridized carbons (Fsp3) is 0.636. The Bertz CT molecular complexity index is 458. The predicted molar refractivity (Wildman–Crippen MR) is 71.1 cm³/mol. The summed E-state index contributed by atoms with van der Waals surface area (Å²) in [5, 5.41) is 11.4. The molecule has 0 aromatic carbocycles. The lowest BCUT2D eigenvalue weighted by Crippen LogP contribution is -2.47. The molecule has 19 heavy (non-hydrogen) atoms. The molecule has 0 rings (SSSR count). The van der Waals surface area contributed by atoms with E-state index in [4.69, 9.17) is 5.11 Å². The quantitative estimate of drug-likeness (QED) is 0.603. The minimum Gasteiger partial charge on any atom is -0.480 e. The first-order chi connectivity index (χ1) is 8.58. The Morgan fingerprint density at radius 2 is 1.89 bits per heavy atom. The minimum absolute atomic E-state index is 0.0579. The number of aliphatic carboxylic acids is 1. The summed E-state index contributed by atoms with van der Waals surface area (Å²) in [7, 11) is -3.76. The maximum Gasteiger partial charge on any atom is 0.321 e. The van der Waals surface area contributed by atoms with Gasteiger partial charge in [0.2, 0.25) is 15.9 Å². The Labute approximate surface area is 113 Å². The van der Waals surface area contributed by atoms with Crippen LogP contribution in [0.4, 0.5) is 0 Å². The van der Waals surface area contributed by atoms with Gasteiger partial charge in [-0.25, -0.2) is 8.42 Å². The lowest BCUT2D eigenvalue weighted by atomic mass is 10.3. The van der Waals surface area contributed by atoms with Crippen molar-refractivity contribution in [2.24, 2.45) is 0 Å². The van der Waals surface area contributed by atoms with E-state index >= 15 is 0 Å². The van der Waals surface area contributed by atoms with Gasteiger partial charge in [0.05, 0.1) is 5.75 Å². The zero-order valence-electron chi connectivity index (χ0n) is 11.3. The number of carbonyl (C=O) groups excluding carboxylic acids is 1. The van der Waals surface area contributed by atoms with E-state index in [1.54, 1.807) is 6.92 Å². The summed E-state index contributed by atoms with van der Waals surface area (Å²) in [5.41, 5.74) is 0.419. The van der Waals surface area contributed by atoms with E-state index in [-0.39, 0.29) is 24.7 Å². The van der Waals surface area contributed by atoms with Crippen LogP contribution in [0.5, 0.6) is 0 Å². The highest BCUT2D eigenvalue weighted by atomic mass is 32.2. The molecule has 110 valence electrons. The molecule has 1 amide bonds. The molecule has 0 aliphatic carbocycles. The van der Waals surface area contributed by atoms with Crippen LogP contribution >= 0.6 is 0 Å². The maximum absolute atomic E-state index is 12.1. The van der Waals surface area contributed by atoms with Gasteiger partial charge in [-0.1, -0.05) is 12.2 Å². The van der Waals surface area contributed by atoms with Gasteiger partial charge in [-0.3, -0.25) is 9.59 Å². The fourth-order valence-electron chi connectivity index (χ4n) is 1.43. The maximum atomic E-state index is 12.1. The van der Waals surface area contributed by atoms with E-state index < -0.39 is 22.0 Å². The summed E-state index contributed by atoms with van der Waals surface area (Å²) < 4.78 is 25.0. The summed E-state index contributed by atoms with van der Waals surface area (Å²) in [6.45, 7) is 7.61. The van der Waals surface area contributed by atoms with Gasteiger partial charge in [-0.15, -0.1) is 0 Å². The molecule has 0 aliphatic heterocycles. The lowest BCUT2D eigenvalue weighted by molar-refractivity contribution is -0.140. The number of hydrogen-bond donors (Lipinski definition) is 2. The monoisotopic (exact) mass is 292 g/mol. The average molecular weight is 292 g/mol. The molecule has 0 saturated carbocycles. The number of rotatable bonds is 8. The van der Waals surface area contributed by atoms with Crippen LogP contribution in [0.25, 0.3) is 0 Å². The highest BCUT2D eigenvalue weighted by Crippen LogP contribution is 2.10. The van der Waals surface area contributed by atoms with Gasteiger partial charge in [-0.2, -0.15) is 4.31 Å². The van der Waals surface area contributed by atoms with E-state index in [1.807, 2.05) is 0 Å². The Balaban J connectivity index is 5.00. The second-order valence-electron chi connectivity index (χ2n) is 4.32. The van der Waals surface area contributed by atoms with Crippen molar-refractivity contribution in [3.05, 3.63) is 12.2 Å². The van der Waals surface area contributed by atoms with Crippen LogP contribution in [-0.4, -0.2) is 54.6 Å². The largest absolute Gasteiger partial charge is 0.480 e. The fourth-order valence-corrected chi connectivity index (χ4v) is 3.16. The van der Waals surface area contributed by atoms with Crippen molar-refractivity contribution in [2.75, 3.05) is 18.8 Å². The molecule has 0 bridgehead atoms. The molecule has 8 heteroatoms. The van der Waals surface area contributed by atoms with Gasteiger partial charge in [-0.05, 0) is 13.8 Å². The highest BCUT2D eigenvalue weighted by Gasteiger charge is 2.31. The summed E-state index contributed by atoms with van der Waals surface area (Å²) >= 11 is 0. The zero-order valence-corrected chi connectivity index (χ0v) is 12.2. The number of carboxylic acids is 1. The Hall–Kier alpha value is -1.41. The first-order valence-corrected chi connectivity index (χ1v) is 7.30. The molecule has 0 saturated heterocycles. The van der Waals surface area contributed by atoms with Crippen molar-refractivity contribution in [2.45, 2.75) is 26.8 Å². The van der Waals surface area contributed by atoms with Gasteiger partial charge < -0.3 is 10.4 Å². The molecule has 0 aromatic rings. The molecule has 1 unspecified atom stereocenters. The number of nitrogens with zero attached hydrogens (tertiary/aromatic N) is 1. The molecule has 2 N–H and O–H groups in total. The number of amides is 1. The lowest BCUT2D eigenvalue weighted by Gasteiger charge is -2.25. The average Bonchev–Trinajstić information content (AvgIpc) is 2.20. The first kappa shape index (κ1) is 17.6. The molecule has 0 aliphatic rings. The molecule has 1 atom stereocenters. The molecule has 0 fully saturated rings. The van der Waals surface area contributed by atoms with Crippen molar-refractivity contribution in [1.82, 2.24) is 9.62 Å². The molecular formula is C11H20N2O5S. The van der Waals surface area contributed by atoms with Crippen molar-refractivity contribution in [3.8, 4) is 0 Å². The SMILES string of the molecule is C=C(C)CS(=O)(=O)N(CCNC(C)=O)C(C)C(=O)O. The Morgan fingerprint density at radius 3 is 2.26 bits per heavy atom. The standard InChI is InChI=1S/C11H20N2O5S/c1-8(2)7-19(17,18)13(9(3)11(15)16)6-5-12-10(4)14/h9H,1,5-7H2,2-4H3,(H,12,14)(H,15,16). The van der Waals surface area contributed by atoms with Gasteiger partial charge in [0.1, 0.15) is 6.04 Å². The molecule has 0 spiro atoms. The summed E-state index contributed by atoms with van der Waals surface area (Å²) in [6.07, 6.45) is 0. The van der Waals surface area contributed by atoms with Crippen molar-refractivity contribution >= 4 is 21.9 Å². The minimum atomic E-state index is -3.76. The summed E-state index contributed by atoms with van der Waals surface area (Å²) in [4.78, 5) is 21.7. The van der Waals surface area contributed by atoms with E-state index in [0.717, 1.165) is 4.31 Å². The number of nitrogens with one attached hydrogen (secondary N) is 1. The van der Waals surface area contributed by atoms with Crippen LogP contribution in [0.2, 0.25) is 0 Å². The summed E-state index contributed by atoms with van der Waals surface area (Å²) in [5.74, 6) is -1.86. The van der Waals surface area contributed by atoms with Crippen LogP contribution < -0.4 is 5.32 Å². The number of hydrogen-bond acceptors (Lipinski definition) is 4. The van der Waals surface area contributed by atoms with E-state index in [2.05, 4.69) is 11.9 Å². The van der Waals surface area contributed by atoms with Crippen molar-refractivity contribution in [1.29, 1.82) is 0 Å². The van der Waals surface area contributed by atoms with Crippen LogP contribution in [0.15, 0.2) is 12.2 Å². The molecule has 0 aromatic heterocycles.